The number of alkyl halides is 1. The highest BCUT2D eigenvalue weighted by atomic mass is 127. The van der Waals surface area contributed by atoms with Crippen LogP contribution in [0.25, 0.3) is 10.1 Å². The molecule has 0 aliphatic heterocycles. The van der Waals surface area contributed by atoms with Gasteiger partial charge in [-0.05, 0) is 56.6 Å². The summed E-state index contributed by atoms with van der Waals surface area (Å²) in [6, 6.07) is 4.34. The Balaban J connectivity index is 2.70. The van der Waals surface area contributed by atoms with Crippen molar-refractivity contribution in [2.45, 2.75) is 11.9 Å². The summed E-state index contributed by atoms with van der Waals surface area (Å²) in [4.78, 5) is 0. The van der Waals surface area contributed by atoms with Crippen molar-refractivity contribution in [2.24, 2.45) is 0 Å². The lowest BCUT2D eigenvalue weighted by Crippen LogP contribution is -1.85. The highest BCUT2D eigenvalue weighted by Crippen LogP contribution is 2.30. The Morgan fingerprint density at radius 2 is 2.14 bits per heavy atom. The number of fused-ring (bicyclic) bond motifs is 1. The molecule has 0 atom stereocenters. The van der Waals surface area contributed by atoms with Gasteiger partial charge in [-0.15, -0.1) is 11.3 Å². The van der Waals surface area contributed by atoms with Crippen LogP contribution in [0.15, 0.2) is 17.5 Å². The molecule has 0 bridgehead atoms. The number of hydrogen-bond acceptors (Lipinski definition) is 2. The van der Waals surface area contributed by atoms with Gasteiger partial charge >= 0.3 is 0 Å². The molecule has 1 heterocycles. The summed E-state index contributed by atoms with van der Waals surface area (Å²) in [6.45, 7) is 0.127. The third kappa shape index (κ3) is 1.85. The van der Waals surface area contributed by atoms with Gasteiger partial charge in [0.1, 0.15) is 0 Å². The Labute approximate surface area is 108 Å². The molecule has 1 aromatic heterocycles. The van der Waals surface area contributed by atoms with E-state index in [0.29, 0.717) is 0 Å². The van der Waals surface area contributed by atoms with Crippen molar-refractivity contribution >= 4 is 59.9 Å². The molecule has 0 aliphatic carbocycles. The minimum atomic E-state index is 0.127. The first-order chi connectivity index (χ1) is 6.76. The maximum absolute atomic E-state index is 9.15. The molecule has 74 valence electrons. The predicted molar refractivity (Wildman–Crippen MR) is 73.1 cm³/mol. The molecule has 2 aromatic rings. The van der Waals surface area contributed by atoms with Crippen LogP contribution in [0.3, 0.4) is 0 Å². The zero-order chi connectivity index (χ0) is 10.1. The van der Waals surface area contributed by atoms with E-state index in [1.54, 1.807) is 11.3 Å². The topological polar surface area (TPSA) is 20.2 Å². The smallest absolute Gasteiger partial charge is 0.0696 e. The van der Waals surface area contributed by atoms with Crippen LogP contribution in [0.1, 0.15) is 11.1 Å². The van der Waals surface area contributed by atoms with Crippen LogP contribution < -0.4 is 0 Å². The summed E-state index contributed by atoms with van der Waals surface area (Å²) in [5.74, 6) is 0. The summed E-state index contributed by atoms with van der Waals surface area (Å²) in [5, 5.41) is 13.2. The van der Waals surface area contributed by atoms with Crippen molar-refractivity contribution in [3.63, 3.8) is 0 Å². The highest BCUT2D eigenvalue weighted by Gasteiger charge is 2.06. The van der Waals surface area contributed by atoms with Crippen LogP contribution in [-0.4, -0.2) is 5.11 Å². The van der Waals surface area contributed by atoms with Gasteiger partial charge in [-0.25, -0.2) is 0 Å². The average molecular weight is 383 g/mol. The molecule has 1 N–H and O–H groups in total. The summed E-state index contributed by atoms with van der Waals surface area (Å²) in [5.41, 5.74) is 2.31. The van der Waals surface area contributed by atoms with Gasteiger partial charge in [-0.1, -0.05) is 15.9 Å². The van der Waals surface area contributed by atoms with Gasteiger partial charge in [-0.3, -0.25) is 0 Å². The zero-order valence-corrected chi connectivity index (χ0v) is 11.8. The van der Waals surface area contributed by atoms with Crippen LogP contribution in [0, 0.1) is 3.57 Å². The van der Waals surface area contributed by atoms with E-state index in [1.165, 1.54) is 19.2 Å². The Kier molecular flexibility index (Phi) is 3.46. The number of thiophene rings is 1. The number of aliphatic hydroxyl groups excluding tert-OH is 1. The van der Waals surface area contributed by atoms with E-state index in [-0.39, 0.29) is 6.61 Å². The Bertz CT molecular complexity index is 466. The third-order valence-corrected chi connectivity index (χ3v) is 4.74. The predicted octanol–water partition coefficient (Wildman–Crippen LogP) is 3.89. The van der Waals surface area contributed by atoms with Gasteiger partial charge in [0.05, 0.1) is 6.61 Å². The maximum Gasteiger partial charge on any atom is 0.0696 e. The van der Waals surface area contributed by atoms with E-state index in [2.05, 4.69) is 50.7 Å². The zero-order valence-electron chi connectivity index (χ0n) is 7.26. The fourth-order valence-corrected chi connectivity index (χ4v) is 4.20. The van der Waals surface area contributed by atoms with Crippen molar-refractivity contribution in [1.82, 2.24) is 0 Å². The molecule has 1 nitrogen and oxygen atoms in total. The van der Waals surface area contributed by atoms with Gasteiger partial charge in [0.2, 0.25) is 0 Å². The average Bonchev–Trinajstić information content (AvgIpc) is 2.58. The SMILES string of the molecule is OCc1csc2cc(I)c(CBr)cc12. The van der Waals surface area contributed by atoms with Gasteiger partial charge in [0.15, 0.2) is 0 Å². The summed E-state index contributed by atoms with van der Waals surface area (Å²) < 4.78 is 2.53. The molecule has 0 radical (unpaired) electrons. The first-order valence-corrected chi connectivity index (χ1v) is 7.19. The molecule has 0 unspecified atom stereocenters. The molecule has 0 saturated carbocycles. The van der Waals surface area contributed by atoms with E-state index < -0.39 is 0 Å². The second kappa shape index (κ2) is 4.47. The first kappa shape index (κ1) is 10.9. The number of benzene rings is 1. The third-order valence-electron chi connectivity index (χ3n) is 2.14. The molecule has 0 saturated heterocycles. The minimum Gasteiger partial charge on any atom is -0.392 e. The van der Waals surface area contributed by atoms with Crippen LogP contribution in [-0.2, 0) is 11.9 Å². The summed E-state index contributed by atoms with van der Waals surface area (Å²) in [6.07, 6.45) is 0. The van der Waals surface area contributed by atoms with Crippen molar-refractivity contribution in [3.8, 4) is 0 Å². The van der Waals surface area contributed by atoms with E-state index in [9.17, 15) is 0 Å². The minimum absolute atomic E-state index is 0.127. The maximum atomic E-state index is 9.15. The lowest BCUT2D eigenvalue weighted by molar-refractivity contribution is 0.284. The van der Waals surface area contributed by atoms with Gasteiger partial charge in [0.25, 0.3) is 0 Å². The molecule has 4 heteroatoms. The van der Waals surface area contributed by atoms with Gasteiger partial charge in [-0.2, -0.15) is 0 Å². The lowest BCUT2D eigenvalue weighted by atomic mass is 10.1. The van der Waals surface area contributed by atoms with Crippen LogP contribution >= 0.6 is 49.9 Å². The first-order valence-electron chi connectivity index (χ1n) is 4.11. The van der Waals surface area contributed by atoms with Crippen LogP contribution in [0.5, 0.6) is 0 Å². The molecule has 0 spiro atoms. The molecule has 1 aromatic carbocycles. The molecule has 0 aliphatic rings. The molecule has 0 fully saturated rings. The normalized spacial score (nSPS) is 11.1. The van der Waals surface area contributed by atoms with Crippen molar-refractivity contribution in [3.05, 3.63) is 32.2 Å². The standard InChI is InChI=1S/C10H8BrIOS/c11-3-6-1-8-7(4-13)5-14-10(8)2-9(6)12/h1-2,5,13H,3-4H2. The molecule has 0 amide bonds. The molecule has 2 rings (SSSR count). The summed E-state index contributed by atoms with van der Waals surface area (Å²) >= 11 is 7.50. The number of hydrogen-bond donors (Lipinski definition) is 1. The quantitative estimate of drug-likeness (QED) is 0.617. The largest absolute Gasteiger partial charge is 0.392 e. The fraction of sp³-hybridized carbons (Fsp3) is 0.200. The molecular weight excluding hydrogens is 375 g/mol. The Morgan fingerprint density at radius 3 is 2.79 bits per heavy atom. The van der Waals surface area contributed by atoms with Crippen molar-refractivity contribution < 1.29 is 5.11 Å². The number of rotatable bonds is 2. The van der Waals surface area contributed by atoms with E-state index in [1.807, 2.05) is 5.38 Å². The lowest BCUT2D eigenvalue weighted by Gasteiger charge is -2.01. The van der Waals surface area contributed by atoms with Crippen LogP contribution in [0.4, 0.5) is 0 Å². The fourth-order valence-electron chi connectivity index (χ4n) is 1.37. The number of halogens is 2. The van der Waals surface area contributed by atoms with Gasteiger partial charge in [0, 0.05) is 13.6 Å². The summed E-state index contributed by atoms with van der Waals surface area (Å²) in [7, 11) is 0. The van der Waals surface area contributed by atoms with Gasteiger partial charge < -0.3 is 5.11 Å². The van der Waals surface area contributed by atoms with Crippen LogP contribution in [0.2, 0.25) is 0 Å². The number of aliphatic hydroxyl groups is 1. The Hall–Kier alpha value is 0.350. The molecule has 14 heavy (non-hydrogen) atoms. The Morgan fingerprint density at radius 1 is 1.36 bits per heavy atom. The highest BCUT2D eigenvalue weighted by molar-refractivity contribution is 14.1. The van der Waals surface area contributed by atoms with Crippen molar-refractivity contribution in [1.29, 1.82) is 0 Å². The van der Waals surface area contributed by atoms with E-state index in [0.717, 1.165) is 10.9 Å². The van der Waals surface area contributed by atoms with E-state index >= 15 is 0 Å². The second-order valence-electron chi connectivity index (χ2n) is 2.99. The molecular formula is C10H8BrIOS. The monoisotopic (exact) mass is 382 g/mol. The van der Waals surface area contributed by atoms with Crippen molar-refractivity contribution in [2.75, 3.05) is 0 Å². The van der Waals surface area contributed by atoms with E-state index in [4.69, 9.17) is 5.11 Å². The second-order valence-corrected chi connectivity index (χ2v) is 5.63.